The smallest absolute Gasteiger partial charge is 0.232 e. The largest absolute Gasteiger partial charge is 0.359 e. The average Bonchev–Trinajstić information content (AvgIpc) is 3.42. The number of carbonyl (C=O) groups excluding carboxylic acids is 2. The predicted octanol–water partition coefficient (Wildman–Crippen LogP) is 1.91. The van der Waals surface area contributed by atoms with E-state index in [0.29, 0.717) is 37.6 Å². The van der Waals surface area contributed by atoms with E-state index in [-0.39, 0.29) is 17.7 Å². The number of fused-ring (bicyclic) bond motifs is 1. The van der Waals surface area contributed by atoms with Gasteiger partial charge in [-0.15, -0.1) is 11.3 Å². The van der Waals surface area contributed by atoms with E-state index in [2.05, 4.69) is 20.4 Å². The highest BCUT2D eigenvalue weighted by Crippen LogP contribution is 2.32. The molecule has 8 nitrogen and oxygen atoms in total. The van der Waals surface area contributed by atoms with E-state index in [4.69, 9.17) is 4.52 Å². The molecule has 3 heterocycles. The molecule has 0 spiro atoms. The summed E-state index contributed by atoms with van der Waals surface area (Å²) in [4.78, 5) is 35.7. The highest BCUT2D eigenvalue weighted by Gasteiger charge is 2.42. The predicted molar refractivity (Wildman–Crippen MR) is 104 cm³/mol. The van der Waals surface area contributed by atoms with Gasteiger partial charge in [0.1, 0.15) is 0 Å². The molecule has 1 fully saturated rings. The third-order valence-electron chi connectivity index (χ3n) is 5.01. The van der Waals surface area contributed by atoms with E-state index in [1.54, 1.807) is 30.2 Å². The fourth-order valence-electron chi connectivity index (χ4n) is 3.57. The van der Waals surface area contributed by atoms with Crippen LogP contribution in [0, 0.1) is 12.8 Å². The van der Waals surface area contributed by atoms with Crippen LogP contribution in [0.4, 0.5) is 0 Å². The number of hydrogen-bond donors (Lipinski definition) is 1. The molecular weight excluding hydrogens is 378 g/mol. The SMILES string of the molecule is CNC(=O)C1CN(C(=O)CCc2nc3ccccc3s2)CC1c1nc(C)no1. The van der Waals surface area contributed by atoms with Crippen LogP contribution in [0.1, 0.15) is 29.1 Å². The molecule has 1 N–H and O–H groups in total. The van der Waals surface area contributed by atoms with Crippen molar-refractivity contribution in [1.82, 2.24) is 25.3 Å². The fraction of sp³-hybridized carbons (Fsp3) is 0.421. The maximum atomic E-state index is 12.8. The Morgan fingerprint density at radius 3 is 2.82 bits per heavy atom. The van der Waals surface area contributed by atoms with Crippen molar-refractivity contribution in [3.05, 3.63) is 41.0 Å². The summed E-state index contributed by atoms with van der Waals surface area (Å²) in [5.74, 6) is 0.136. The van der Waals surface area contributed by atoms with Crippen molar-refractivity contribution < 1.29 is 14.1 Å². The first-order chi connectivity index (χ1) is 13.5. The van der Waals surface area contributed by atoms with Crippen LogP contribution in [-0.4, -0.2) is 52.0 Å². The first-order valence-electron chi connectivity index (χ1n) is 9.19. The van der Waals surface area contributed by atoms with E-state index >= 15 is 0 Å². The number of para-hydroxylation sites is 1. The zero-order valence-electron chi connectivity index (χ0n) is 15.7. The molecule has 146 valence electrons. The van der Waals surface area contributed by atoms with Crippen molar-refractivity contribution in [1.29, 1.82) is 0 Å². The van der Waals surface area contributed by atoms with E-state index in [1.807, 2.05) is 24.3 Å². The minimum atomic E-state index is -0.392. The molecule has 2 amide bonds. The van der Waals surface area contributed by atoms with Gasteiger partial charge in [-0.2, -0.15) is 4.98 Å². The number of aromatic nitrogens is 3. The summed E-state index contributed by atoms with van der Waals surface area (Å²) in [5.41, 5.74) is 0.961. The number of likely N-dealkylation sites (tertiary alicyclic amines) is 1. The zero-order chi connectivity index (χ0) is 19.7. The monoisotopic (exact) mass is 399 g/mol. The normalized spacial score (nSPS) is 19.3. The maximum absolute atomic E-state index is 12.8. The molecule has 0 aliphatic carbocycles. The Hall–Kier alpha value is -2.81. The summed E-state index contributed by atoms with van der Waals surface area (Å²) in [6.45, 7) is 2.49. The van der Waals surface area contributed by atoms with Gasteiger partial charge in [-0.05, 0) is 19.1 Å². The molecule has 0 radical (unpaired) electrons. The zero-order valence-corrected chi connectivity index (χ0v) is 16.5. The molecule has 2 atom stereocenters. The number of nitrogens with one attached hydrogen (secondary N) is 1. The Labute approximate surface area is 165 Å². The quantitative estimate of drug-likeness (QED) is 0.703. The standard InChI is InChI=1S/C19H21N5O3S/c1-11-21-19(27-23-11)13-10-24(9-12(13)18(26)20-2)17(25)8-7-16-22-14-5-3-4-6-15(14)28-16/h3-6,12-13H,7-10H2,1-2H3,(H,20,26). The highest BCUT2D eigenvalue weighted by atomic mass is 32.1. The Bertz CT molecular complexity index is 981. The van der Waals surface area contributed by atoms with Crippen LogP contribution in [-0.2, 0) is 16.0 Å². The third kappa shape index (κ3) is 3.62. The molecule has 2 unspecified atom stereocenters. The topological polar surface area (TPSA) is 101 Å². The van der Waals surface area contributed by atoms with Gasteiger partial charge in [0.05, 0.1) is 27.1 Å². The number of carbonyl (C=O) groups is 2. The maximum Gasteiger partial charge on any atom is 0.232 e. The number of hydrogen-bond acceptors (Lipinski definition) is 7. The summed E-state index contributed by atoms with van der Waals surface area (Å²) < 4.78 is 6.40. The van der Waals surface area contributed by atoms with Gasteiger partial charge in [-0.25, -0.2) is 4.98 Å². The van der Waals surface area contributed by atoms with E-state index in [0.717, 1.165) is 15.2 Å². The van der Waals surface area contributed by atoms with Crippen LogP contribution in [0.25, 0.3) is 10.2 Å². The van der Waals surface area contributed by atoms with Crippen molar-refractivity contribution in [3.63, 3.8) is 0 Å². The Morgan fingerprint density at radius 1 is 1.29 bits per heavy atom. The van der Waals surface area contributed by atoms with Crippen molar-refractivity contribution in [2.75, 3.05) is 20.1 Å². The van der Waals surface area contributed by atoms with Crippen molar-refractivity contribution >= 4 is 33.4 Å². The molecule has 0 bridgehead atoms. The van der Waals surface area contributed by atoms with Crippen LogP contribution >= 0.6 is 11.3 Å². The first kappa shape index (κ1) is 18.5. The second-order valence-electron chi connectivity index (χ2n) is 6.88. The van der Waals surface area contributed by atoms with Gasteiger partial charge >= 0.3 is 0 Å². The minimum absolute atomic E-state index is 0.00639. The lowest BCUT2D eigenvalue weighted by atomic mass is 9.95. The molecule has 2 aromatic heterocycles. The summed E-state index contributed by atoms with van der Waals surface area (Å²) in [6.07, 6.45) is 0.944. The summed E-state index contributed by atoms with van der Waals surface area (Å²) in [6, 6.07) is 7.95. The molecule has 0 saturated carbocycles. The number of rotatable bonds is 5. The minimum Gasteiger partial charge on any atom is -0.359 e. The van der Waals surface area contributed by atoms with Crippen molar-refractivity contribution in [3.8, 4) is 0 Å². The highest BCUT2D eigenvalue weighted by molar-refractivity contribution is 7.18. The van der Waals surface area contributed by atoms with E-state index in [1.165, 1.54) is 0 Å². The summed E-state index contributed by atoms with van der Waals surface area (Å²) in [5, 5.41) is 7.43. The fourth-order valence-corrected chi connectivity index (χ4v) is 4.54. The van der Waals surface area contributed by atoms with E-state index < -0.39 is 5.92 Å². The van der Waals surface area contributed by atoms with Gasteiger partial charge in [0.15, 0.2) is 5.82 Å². The van der Waals surface area contributed by atoms with Gasteiger partial charge in [0.25, 0.3) is 0 Å². The van der Waals surface area contributed by atoms with Gasteiger partial charge in [-0.3, -0.25) is 9.59 Å². The molecule has 4 rings (SSSR count). The second-order valence-corrected chi connectivity index (χ2v) is 8.00. The van der Waals surface area contributed by atoms with Gasteiger partial charge in [0.2, 0.25) is 17.7 Å². The van der Waals surface area contributed by atoms with Crippen LogP contribution < -0.4 is 5.32 Å². The van der Waals surface area contributed by atoms with Gasteiger partial charge in [-0.1, -0.05) is 17.3 Å². The number of amides is 2. The van der Waals surface area contributed by atoms with Gasteiger partial charge in [0, 0.05) is 33.0 Å². The van der Waals surface area contributed by atoms with Crippen LogP contribution in [0.5, 0.6) is 0 Å². The van der Waals surface area contributed by atoms with Crippen molar-refractivity contribution in [2.45, 2.75) is 25.7 Å². The molecule has 1 aliphatic rings. The van der Waals surface area contributed by atoms with Crippen LogP contribution in [0.3, 0.4) is 0 Å². The molecule has 28 heavy (non-hydrogen) atoms. The molecule has 1 aromatic carbocycles. The molecule has 9 heteroatoms. The third-order valence-corrected chi connectivity index (χ3v) is 6.10. The van der Waals surface area contributed by atoms with Crippen molar-refractivity contribution in [2.24, 2.45) is 5.92 Å². The average molecular weight is 399 g/mol. The Kier molecular flexibility index (Phi) is 5.08. The molecule has 3 aromatic rings. The molecule has 1 aliphatic heterocycles. The Morgan fingerprint density at radius 2 is 2.11 bits per heavy atom. The van der Waals surface area contributed by atoms with Gasteiger partial charge < -0.3 is 14.7 Å². The molecular formula is C19H21N5O3S. The van der Waals surface area contributed by atoms with Crippen LogP contribution in [0.15, 0.2) is 28.8 Å². The summed E-state index contributed by atoms with van der Waals surface area (Å²) >= 11 is 1.61. The number of thiazole rings is 1. The van der Waals surface area contributed by atoms with Crippen LogP contribution in [0.2, 0.25) is 0 Å². The number of nitrogens with zero attached hydrogens (tertiary/aromatic N) is 4. The first-order valence-corrected chi connectivity index (χ1v) is 10.0. The lowest BCUT2D eigenvalue weighted by Crippen LogP contribution is -2.33. The van der Waals surface area contributed by atoms with E-state index in [9.17, 15) is 9.59 Å². The number of aryl methyl sites for hydroxylation is 2. The number of benzene rings is 1. The molecule has 1 saturated heterocycles. The summed E-state index contributed by atoms with van der Waals surface area (Å²) in [7, 11) is 1.59. The second kappa shape index (κ2) is 7.67. The Balaban J connectivity index is 1.44. The lowest BCUT2D eigenvalue weighted by molar-refractivity contribution is -0.130. The lowest BCUT2D eigenvalue weighted by Gasteiger charge is -2.15.